The molecule has 1 heterocycles. The van der Waals surface area contributed by atoms with Crippen LogP contribution in [0.3, 0.4) is 0 Å². The smallest absolute Gasteiger partial charge is 0.310 e. The summed E-state index contributed by atoms with van der Waals surface area (Å²) in [5.41, 5.74) is -0.101. The van der Waals surface area contributed by atoms with Crippen molar-refractivity contribution in [2.75, 3.05) is 13.1 Å². The van der Waals surface area contributed by atoms with Gasteiger partial charge in [-0.1, -0.05) is 13.8 Å². The van der Waals surface area contributed by atoms with Crippen LogP contribution in [0.4, 0.5) is 5.69 Å². The number of hydrogen-bond acceptors (Lipinski definition) is 4. The molecule has 108 valence electrons. The predicted molar refractivity (Wildman–Crippen MR) is 73.6 cm³/mol. The van der Waals surface area contributed by atoms with Gasteiger partial charge in [-0.05, 0) is 30.4 Å². The summed E-state index contributed by atoms with van der Waals surface area (Å²) in [5.74, 6) is 0.219. The fraction of sp³-hybridized carbons (Fsp3) is 0.500. The standard InChI is InChI=1S/C14H18N2O4/c1-9-5-10(2)8-15(7-9)14(18)11-3-4-12(16(19)20)13(17)6-11/h3-4,6,9-10,17H,5,7-8H2,1-2H3. The zero-order chi connectivity index (χ0) is 14.9. The summed E-state index contributed by atoms with van der Waals surface area (Å²) in [7, 11) is 0. The Hall–Kier alpha value is -2.11. The van der Waals surface area contributed by atoms with Crippen molar-refractivity contribution in [2.45, 2.75) is 20.3 Å². The van der Waals surface area contributed by atoms with E-state index in [1.165, 1.54) is 18.2 Å². The summed E-state index contributed by atoms with van der Waals surface area (Å²) in [6.45, 7) is 5.56. The average molecular weight is 278 g/mol. The van der Waals surface area contributed by atoms with Crippen LogP contribution in [0.15, 0.2) is 18.2 Å². The molecule has 2 atom stereocenters. The third kappa shape index (κ3) is 2.89. The molecule has 0 aliphatic carbocycles. The van der Waals surface area contributed by atoms with Crippen molar-refractivity contribution in [2.24, 2.45) is 11.8 Å². The zero-order valence-electron chi connectivity index (χ0n) is 11.6. The number of amides is 1. The molecule has 0 spiro atoms. The highest BCUT2D eigenvalue weighted by Gasteiger charge is 2.27. The molecule has 1 aromatic rings. The minimum absolute atomic E-state index is 0.186. The van der Waals surface area contributed by atoms with E-state index in [0.29, 0.717) is 24.9 Å². The third-order valence-corrected chi connectivity index (χ3v) is 3.58. The molecule has 1 aliphatic rings. The summed E-state index contributed by atoms with van der Waals surface area (Å²) >= 11 is 0. The van der Waals surface area contributed by atoms with E-state index in [0.717, 1.165) is 6.42 Å². The Balaban J connectivity index is 2.21. The van der Waals surface area contributed by atoms with Crippen molar-refractivity contribution in [3.63, 3.8) is 0 Å². The van der Waals surface area contributed by atoms with Gasteiger partial charge in [0.2, 0.25) is 0 Å². The highest BCUT2D eigenvalue weighted by molar-refractivity contribution is 5.95. The lowest BCUT2D eigenvalue weighted by molar-refractivity contribution is -0.385. The molecule has 2 rings (SSSR count). The van der Waals surface area contributed by atoms with E-state index in [2.05, 4.69) is 13.8 Å². The molecule has 1 fully saturated rings. The maximum absolute atomic E-state index is 12.4. The summed E-state index contributed by atoms with van der Waals surface area (Å²) in [6.07, 6.45) is 1.09. The minimum Gasteiger partial charge on any atom is -0.502 e. The number of likely N-dealkylation sites (tertiary alicyclic amines) is 1. The van der Waals surface area contributed by atoms with E-state index in [4.69, 9.17) is 0 Å². The van der Waals surface area contributed by atoms with Gasteiger partial charge in [-0.2, -0.15) is 0 Å². The fourth-order valence-corrected chi connectivity index (χ4v) is 2.82. The number of hydrogen-bond donors (Lipinski definition) is 1. The summed E-state index contributed by atoms with van der Waals surface area (Å²) in [4.78, 5) is 24.1. The number of nitrogens with zero attached hydrogens (tertiary/aromatic N) is 2. The number of piperidine rings is 1. The number of phenolic OH excluding ortho intramolecular Hbond substituents is 1. The van der Waals surface area contributed by atoms with Crippen LogP contribution in [0.1, 0.15) is 30.6 Å². The van der Waals surface area contributed by atoms with Gasteiger partial charge in [0.1, 0.15) is 0 Å². The van der Waals surface area contributed by atoms with Crippen molar-refractivity contribution >= 4 is 11.6 Å². The third-order valence-electron chi connectivity index (χ3n) is 3.58. The molecule has 1 saturated heterocycles. The molecule has 1 amide bonds. The Morgan fingerprint density at radius 3 is 2.45 bits per heavy atom. The van der Waals surface area contributed by atoms with Gasteiger partial charge in [0, 0.05) is 24.7 Å². The largest absolute Gasteiger partial charge is 0.502 e. The van der Waals surface area contributed by atoms with Gasteiger partial charge >= 0.3 is 5.69 Å². The van der Waals surface area contributed by atoms with Crippen molar-refractivity contribution in [3.05, 3.63) is 33.9 Å². The first-order valence-electron chi connectivity index (χ1n) is 6.65. The molecular weight excluding hydrogens is 260 g/mol. The molecule has 6 nitrogen and oxygen atoms in total. The average Bonchev–Trinajstić information content (AvgIpc) is 2.36. The zero-order valence-corrected chi connectivity index (χ0v) is 11.6. The summed E-state index contributed by atoms with van der Waals surface area (Å²) in [6, 6.07) is 3.73. The molecule has 1 aliphatic heterocycles. The van der Waals surface area contributed by atoms with Crippen LogP contribution in [0.2, 0.25) is 0 Å². The van der Waals surface area contributed by atoms with Crippen LogP contribution in [0.25, 0.3) is 0 Å². The number of benzene rings is 1. The van der Waals surface area contributed by atoms with E-state index >= 15 is 0 Å². The van der Waals surface area contributed by atoms with E-state index in [1.54, 1.807) is 4.90 Å². The molecular formula is C14H18N2O4. The Bertz CT molecular complexity index is 534. The van der Waals surface area contributed by atoms with Crippen molar-refractivity contribution in [1.82, 2.24) is 4.90 Å². The minimum atomic E-state index is -0.672. The monoisotopic (exact) mass is 278 g/mol. The first-order valence-corrected chi connectivity index (χ1v) is 6.65. The van der Waals surface area contributed by atoms with E-state index < -0.39 is 10.7 Å². The first-order chi connectivity index (χ1) is 9.38. The first kappa shape index (κ1) is 14.3. The van der Waals surface area contributed by atoms with Gasteiger partial charge in [-0.15, -0.1) is 0 Å². The van der Waals surface area contributed by atoms with Crippen LogP contribution in [0.5, 0.6) is 5.75 Å². The lowest BCUT2D eigenvalue weighted by Crippen LogP contribution is -2.42. The number of rotatable bonds is 2. The molecule has 0 bridgehead atoms. The van der Waals surface area contributed by atoms with Crippen molar-refractivity contribution in [3.8, 4) is 5.75 Å². The number of nitro groups is 1. The second-order valence-electron chi connectivity index (χ2n) is 5.62. The fourth-order valence-electron chi connectivity index (χ4n) is 2.82. The Kier molecular flexibility index (Phi) is 3.92. The quantitative estimate of drug-likeness (QED) is 0.665. The van der Waals surface area contributed by atoms with Gasteiger partial charge < -0.3 is 10.0 Å². The number of carbonyl (C=O) groups excluding carboxylic acids is 1. The topological polar surface area (TPSA) is 83.7 Å². The summed E-state index contributed by atoms with van der Waals surface area (Å²) < 4.78 is 0. The van der Waals surface area contributed by atoms with Crippen LogP contribution >= 0.6 is 0 Å². The van der Waals surface area contributed by atoms with Crippen LogP contribution in [-0.4, -0.2) is 33.9 Å². The number of aromatic hydroxyl groups is 1. The summed E-state index contributed by atoms with van der Waals surface area (Å²) in [5, 5.41) is 20.2. The van der Waals surface area contributed by atoms with Crippen molar-refractivity contribution < 1.29 is 14.8 Å². The van der Waals surface area contributed by atoms with Gasteiger partial charge in [0.05, 0.1) is 4.92 Å². The van der Waals surface area contributed by atoms with Crippen LogP contribution < -0.4 is 0 Å². The number of nitro benzene ring substituents is 1. The second-order valence-corrected chi connectivity index (χ2v) is 5.62. The predicted octanol–water partition coefficient (Wildman–Crippen LogP) is 2.42. The molecule has 1 aromatic carbocycles. The van der Waals surface area contributed by atoms with Gasteiger partial charge in [0.25, 0.3) is 5.91 Å². The lowest BCUT2D eigenvalue weighted by atomic mass is 9.91. The lowest BCUT2D eigenvalue weighted by Gasteiger charge is -2.35. The molecule has 1 N–H and O–H groups in total. The van der Waals surface area contributed by atoms with Crippen molar-refractivity contribution in [1.29, 1.82) is 0 Å². The molecule has 0 radical (unpaired) electrons. The Morgan fingerprint density at radius 2 is 1.95 bits per heavy atom. The van der Waals surface area contributed by atoms with E-state index in [1.807, 2.05) is 0 Å². The molecule has 6 heteroatoms. The number of phenols is 1. The molecule has 2 unspecified atom stereocenters. The molecule has 0 aromatic heterocycles. The van der Waals surface area contributed by atoms with E-state index in [-0.39, 0.29) is 17.2 Å². The number of carbonyl (C=O) groups is 1. The van der Waals surface area contributed by atoms with Gasteiger partial charge in [-0.3, -0.25) is 14.9 Å². The Labute approximate surface area is 117 Å². The van der Waals surface area contributed by atoms with Crippen LogP contribution in [0, 0.1) is 22.0 Å². The SMILES string of the molecule is CC1CC(C)CN(C(=O)c2ccc([N+](=O)[O-])c(O)c2)C1. The Morgan fingerprint density at radius 1 is 1.35 bits per heavy atom. The normalized spacial score (nSPS) is 22.6. The highest BCUT2D eigenvalue weighted by Crippen LogP contribution is 2.28. The van der Waals surface area contributed by atoms with Crippen LogP contribution in [-0.2, 0) is 0 Å². The highest BCUT2D eigenvalue weighted by atomic mass is 16.6. The molecule has 20 heavy (non-hydrogen) atoms. The van der Waals surface area contributed by atoms with Gasteiger partial charge in [0.15, 0.2) is 5.75 Å². The van der Waals surface area contributed by atoms with Gasteiger partial charge in [-0.25, -0.2) is 0 Å². The molecule has 0 saturated carbocycles. The van der Waals surface area contributed by atoms with E-state index in [9.17, 15) is 20.0 Å². The second kappa shape index (κ2) is 5.48. The maximum atomic E-state index is 12.4. The maximum Gasteiger partial charge on any atom is 0.310 e.